The standard InChI is InChI=1S/C17H15BrN4O4/c1-9(2)26-16(23)11-6-4-10(5-7-11)14-15(21-22-19)12(17(24)25-3)8-13(18)20-14/h4-9H,1-3H3. The van der Waals surface area contributed by atoms with Crippen molar-refractivity contribution in [3.63, 3.8) is 0 Å². The molecule has 0 fully saturated rings. The van der Waals surface area contributed by atoms with Crippen LogP contribution in [0.1, 0.15) is 34.6 Å². The molecule has 1 heterocycles. The van der Waals surface area contributed by atoms with Crippen molar-refractivity contribution in [2.24, 2.45) is 5.11 Å². The highest BCUT2D eigenvalue weighted by Gasteiger charge is 2.19. The first-order valence-electron chi connectivity index (χ1n) is 7.52. The zero-order valence-corrected chi connectivity index (χ0v) is 15.8. The van der Waals surface area contributed by atoms with Crippen molar-refractivity contribution in [3.05, 3.63) is 56.5 Å². The van der Waals surface area contributed by atoms with Gasteiger partial charge < -0.3 is 9.47 Å². The van der Waals surface area contributed by atoms with E-state index in [9.17, 15) is 9.59 Å². The van der Waals surface area contributed by atoms with Crippen LogP contribution in [0.25, 0.3) is 21.7 Å². The van der Waals surface area contributed by atoms with Gasteiger partial charge in [0.05, 0.1) is 35.7 Å². The molecule has 0 aliphatic rings. The van der Waals surface area contributed by atoms with E-state index in [-0.39, 0.29) is 23.0 Å². The van der Waals surface area contributed by atoms with Gasteiger partial charge in [0.15, 0.2) is 0 Å². The summed E-state index contributed by atoms with van der Waals surface area (Å²) < 4.78 is 10.2. The third-order valence-corrected chi connectivity index (χ3v) is 3.65. The van der Waals surface area contributed by atoms with Gasteiger partial charge in [-0.2, -0.15) is 0 Å². The van der Waals surface area contributed by atoms with E-state index < -0.39 is 11.9 Å². The molecule has 0 spiro atoms. The normalized spacial score (nSPS) is 10.2. The molecule has 1 aromatic heterocycles. The highest BCUT2D eigenvalue weighted by atomic mass is 79.9. The van der Waals surface area contributed by atoms with Gasteiger partial charge in [0, 0.05) is 10.5 Å². The van der Waals surface area contributed by atoms with Crippen LogP contribution in [-0.4, -0.2) is 30.1 Å². The summed E-state index contributed by atoms with van der Waals surface area (Å²) in [6, 6.07) is 7.81. The minimum absolute atomic E-state index is 0.0417. The number of azide groups is 1. The fourth-order valence-corrected chi connectivity index (χ4v) is 2.57. The molecule has 0 amide bonds. The Balaban J connectivity index is 2.54. The monoisotopic (exact) mass is 418 g/mol. The fraction of sp³-hybridized carbons (Fsp3) is 0.235. The number of methoxy groups -OCH3 is 1. The number of carbonyl (C=O) groups is 2. The lowest BCUT2D eigenvalue weighted by atomic mass is 10.0. The number of esters is 2. The van der Waals surface area contributed by atoms with E-state index in [0.717, 1.165) is 0 Å². The lowest BCUT2D eigenvalue weighted by Gasteiger charge is -2.11. The molecule has 0 saturated carbocycles. The van der Waals surface area contributed by atoms with Crippen molar-refractivity contribution >= 4 is 33.6 Å². The molecule has 0 unspecified atom stereocenters. The Morgan fingerprint density at radius 1 is 1.23 bits per heavy atom. The third-order valence-electron chi connectivity index (χ3n) is 3.25. The molecular formula is C17H15BrN4O4. The lowest BCUT2D eigenvalue weighted by Crippen LogP contribution is -2.11. The van der Waals surface area contributed by atoms with Crippen molar-refractivity contribution in [3.8, 4) is 11.3 Å². The number of pyridine rings is 1. The van der Waals surface area contributed by atoms with Crippen LogP contribution in [-0.2, 0) is 9.47 Å². The predicted octanol–water partition coefficient (Wildman–Crippen LogP) is 4.80. The Morgan fingerprint density at radius 3 is 2.42 bits per heavy atom. The zero-order chi connectivity index (χ0) is 19.3. The van der Waals surface area contributed by atoms with Crippen LogP contribution in [0, 0.1) is 0 Å². The van der Waals surface area contributed by atoms with Gasteiger partial charge in [-0.05, 0) is 53.5 Å². The van der Waals surface area contributed by atoms with E-state index in [0.29, 0.717) is 15.7 Å². The van der Waals surface area contributed by atoms with Crippen molar-refractivity contribution in [2.75, 3.05) is 7.11 Å². The number of hydrogen-bond acceptors (Lipinski definition) is 6. The summed E-state index contributed by atoms with van der Waals surface area (Å²) in [5.74, 6) is -1.10. The number of aromatic nitrogens is 1. The second-order valence-electron chi connectivity index (χ2n) is 5.40. The lowest BCUT2D eigenvalue weighted by molar-refractivity contribution is 0.0377. The summed E-state index contributed by atoms with van der Waals surface area (Å²) in [6.07, 6.45) is -0.229. The Morgan fingerprint density at radius 2 is 1.88 bits per heavy atom. The first kappa shape index (κ1) is 19.4. The SMILES string of the molecule is COC(=O)c1cc(Br)nc(-c2ccc(C(=O)OC(C)C)cc2)c1N=[N+]=[N-]. The van der Waals surface area contributed by atoms with Crippen LogP contribution in [0.15, 0.2) is 40.0 Å². The van der Waals surface area contributed by atoms with E-state index in [1.165, 1.54) is 13.2 Å². The van der Waals surface area contributed by atoms with Crippen molar-refractivity contribution in [1.29, 1.82) is 0 Å². The summed E-state index contributed by atoms with van der Waals surface area (Å²) >= 11 is 3.23. The first-order valence-corrected chi connectivity index (χ1v) is 8.32. The molecule has 0 N–H and O–H groups in total. The molecule has 0 aliphatic heterocycles. The van der Waals surface area contributed by atoms with Crippen LogP contribution in [0.2, 0.25) is 0 Å². The quantitative estimate of drug-likeness (QED) is 0.227. The number of benzene rings is 1. The molecule has 26 heavy (non-hydrogen) atoms. The summed E-state index contributed by atoms with van der Waals surface area (Å²) in [7, 11) is 1.23. The molecule has 0 bridgehead atoms. The Bertz CT molecular complexity index is 890. The molecule has 1 aromatic carbocycles. The molecule has 2 rings (SSSR count). The topological polar surface area (TPSA) is 114 Å². The van der Waals surface area contributed by atoms with Gasteiger partial charge >= 0.3 is 11.9 Å². The number of hydrogen-bond donors (Lipinski definition) is 0. The van der Waals surface area contributed by atoms with Gasteiger partial charge in [-0.1, -0.05) is 17.2 Å². The van der Waals surface area contributed by atoms with E-state index >= 15 is 0 Å². The van der Waals surface area contributed by atoms with Crippen molar-refractivity contribution < 1.29 is 19.1 Å². The largest absolute Gasteiger partial charge is 0.465 e. The number of ether oxygens (including phenoxy) is 2. The molecule has 9 heteroatoms. The minimum Gasteiger partial charge on any atom is -0.465 e. The third kappa shape index (κ3) is 4.38. The summed E-state index contributed by atoms with van der Waals surface area (Å²) in [5.41, 5.74) is 10.2. The molecule has 134 valence electrons. The molecular weight excluding hydrogens is 404 g/mol. The molecule has 0 radical (unpaired) electrons. The highest BCUT2D eigenvalue weighted by Crippen LogP contribution is 2.34. The van der Waals surface area contributed by atoms with Gasteiger partial charge in [-0.25, -0.2) is 14.6 Å². The molecule has 2 aromatic rings. The maximum atomic E-state index is 12.0. The molecule has 0 atom stereocenters. The summed E-state index contributed by atoms with van der Waals surface area (Å²) in [5, 5.41) is 3.59. The Labute approximate surface area is 157 Å². The maximum absolute atomic E-state index is 12.0. The average Bonchev–Trinajstić information content (AvgIpc) is 2.61. The van der Waals surface area contributed by atoms with Gasteiger partial charge in [0.25, 0.3) is 0 Å². The van der Waals surface area contributed by atoms with E-state index in [2.05, 4.69) is 30.9 Å². The highest BCUT2D eigenvalue weighted by molar-refractivity contribution is 9.10. The number of nitrogens with zero attached hydrogens (tertiary/aromatic N) is 4. The zero-order valence-electron chi connectivity index (χ0n) is 14.3. The van der Waals surface area contributed by atoms with Crippen molar-refractivity contribution in [1.82, 2.24) is 4.98 Å². The Kier molecular flexibility index (Phi) is 6.32. The number of halogens is 1. The molecule has 8 nitrogen and oxygen atoms in total. The van der Waals surface area contributed by atoms with Gasteiger partial charge in [-0.15, -0.1) is 0 Å². The van der Waals surface area contributed by atoms with Gasteiger partial charge in [0.1, 0.15) is 4.60 Å². The van der Waals surface area contributed by atoms with Crippen LogP contribution in [0.4, 0.5) is 5.69 Å². The van der Waals surface area contributed by atoms with Crippen LogP contribution in [0.3, 0.4) is 0 Å². The Hall–Kier alpha value is -2.90. The van der Waals surface area contributed by atoms with Crippen molar-refractivity contribution in [2.45, 2.75) is 20.0 Å². The second kappa shape index (κ2) is 8.46. The van der Waals surface area contributed by atoms with Gasteiger partial charge in [0.2, 0.25) is 0 Å². The van der Waals surface area contributed by atoms with Crippen LogP contribution in [0.5, 0.6) is 0 Å². The van der Waals surface area contributed by atoms with Crippen LogP contribution >= 0.6 is 15.9 Å². The van der Waals surface area contributed by atoms with E-state index in [4.69, 9.17) is 15.0 Å². The number of carbonyl (C=O) groups excluding carboxylic acids is 2. The average molecular weight is 419 g/mol. The minimum atomic E-state index is -0.658. The smallest absolute Gasteiger partial charge is 0.338 e. The second-order valence-corrected chi connectivity index (χ2v) is 6.21. The van der Waals surface area contributed by atoms with Gasteiger partial charge in [-0.3, -0.25) is 0 Å². The molecule has 0 aliphatic carbocycles. The summed E-state index contributed by atoms with van der Waals surface area (Å²) in [6.45, 7) is 3.52. The van der Waals surface area contributed by atoms with E-state index in [1.807, 2.05) is 0 Å². The maximum Gasteiger partial charge on any atom is 0.338 e. The van der Waals surface area contributed by atoms with Crippen LogP contribution < -0.4 is 0 Å². The summed E-state index contributed by atoms with van der Waals surface area (Å²) in [4.78, 5) is 31.0. The molecule has 0 saturated heterocycles. The number of rotatable bonds is 5. The predicted molar refractivity (Wildman–Crippen MR) is 98.1 cm³/mol. The van der Waals surface area contributed by atoms with E-state index in [1.54, 1.807) is 38.1 Å². The fourth-order valence-electron chi connectivity index (χ4n) is 2.17. The first-order chi connectivity index (χ1) is 12.4.